The number of ether oxygens (including phenoxy) is 1. The van der Waals surface area contributed by atoms with E-state index >= 15 is 0 Å². The van der Waals surface area contributed by atoms with Gasteiger partial charge in [0.25, 0.3) is 0 Å². The van der Waals surface area contributed by atoms with E-state index in [1.54, 1.807) is 0 Å². The van der Waals surface area contributed by atoms with Crippen molar-refractivity contribution in [1.82, 2.24) is 15.5 Å². The summed E-state index contributed by atoms with van der Waals surface area (Å²) in [5.74, 6) is 2.20. The van der Waals surface area contributed by atoms with Crippen molar-refractivity contribution in [2.45, 2.75) is 37.5 Å². The molecule has 2 aliphatic rings. The monoisotopic (exact) mass is 442 g/mol. The van der Waals surface area contributed by atoms with Crippen molar-refractivity contribution in [3.05, 3.63) is 0 Å². The van der Waals surface area contributed by atoms with Gasteiger partial charge in [0.2, 0.25) is 0 Å². The Morgan fingerprint density at radius 3 is 2.91 bits per heavy atom. The molecule has 2 aliphatic heterocycles. The first-order chi connectivity index (χ1) is 10.1. The third-order valence-corrected chi connectivity index (χ3v) is 5.58. The average Bonchev–Trinajstić information content (AvgIpc) is 2.89. The zero-order chi connectivity index (χ0) is 15.1. The SMILES string of the molecule is CCNC(=NCC1(C)CCCS1)NCC1CN(C)CCO1.I. The Bertz CT molecular complexity index is 350. The zero-order valence-corrected chi connectivity index (χ0v) is 17.2. The second-order valence-corrected chi connectivity index (χ2v) is 7.92. The van der Waals surface area contributed by atoms with E-state index in [1.165, 1.54) is 18.6 Å². The van der Waals surface area contributed by atoms with Gasteiger partial charge in [-0.1, -0.05) is 0 Å². The van der Waals surface area contributed by atoms with Gasteiger partial charge in [0.15, 0.2) is 5.96 Å². The molecule has 0 amide bonds. The maximum atomic E-state index is 5.78. The van der Waals surface area contributed by atoms with Crippen LogP contribution in [-0.4, -0.2) is 73.8 Å². The maximum absolute atomic E-state index is 5.78. The molecule has 0 aromatic rings. The van der Waals surface area contributed by atoms with E-state index in [0.29, 0.717) is 4.75 Å². The lowest BCUT2D eigenvalue weighted by molar-refractivity contribution is -0.0161. The van der Waals surface area contributed by atoms with Crippen LogP contribution in [0.3, 0.4) is 0 Å². The summed E-state index contributed by atoms with van der Waals surface area (Å²) in [6.07, 6.45) is 2.85. The largest absolute Gasteiger partial charge is 0.374 e. The average molecular weight is 442 g/mol. The highest BCUT2D eigenvalue weighted by Crippen LogP contribution is 2.37. The molecule has 2 N–H and O–H groups in total. The minimum absolute atomic E-state index is 0. The molecular formula is C15H31IN4OS. The van der Waals surface area contributed by atoms with Crippen molar-refractivity contribution < 1.29 is 4.74 Å². The first-order valence-electron chi connectivity index (χ1n) is 8.07. The van der Waals surface area contributed by atoms with Gasteiger partial charge in [-0.2, -0.15) is 11.8 Å². The van der Waals surface area contributed by atoms with E-state index in [2.05, 4.69) is 48.2 Å². The fourth-order valence-electron chi connectivity index (χ4n) is 2.75. The number of hydrogen-bond acceptors (Lipinski definition) is 4. The molecule has 0 aromatic heterocycles. The highest BCUT2D eigenvalue weighted by atomic mass is 127. The second-order valence-electron chi connectivity index (χ2n) is 6.23. The van der Waals surface area contributed by atoms with Crippen LogP contribution in [0.15, 0.2) is 4.99 Å². The summed E-state index contributed by atoms with van der Waals surface area (Å²) in [6, 6.07) is 0. The van der Waals surface area contributed by atoms with Gasteiger partial charge in [-0.3, -0.25) is 4.99 Å². The number of likely N-dealkylation sites (N-methyl/N-ethyl adjacent to an activating group) is 1. The van der Waals surface area contributed by atoms with Gasteiger partial charge in [-0.15, -0.1) is 24.0 Å². The van der Waals surface area contributed by atoms with E-state index in [9.17, 15) is 0 Å². The predicted molar refractivity (Wildman–Crippen MR) is 107 cm³/mol. The quantitative estimate of drug-likeness (QED) is 0.386. The summed E-state index contributed by atoms with van der Waals surface area (Å²) in [4.78, 5) is 7.09. The second kappa shape index (κ2) is 10.2. The predicted octanol–water partition coefficient (Wildman–Crippen LogP) is 1.78. The molecule has 2 heterocycles. The molecule has 2 atom stereocenters. The molecule has 0 aromatic carbocycles. The van der Waals surface area contributed by atoms with Gasteiger partial charge >= 0.3 is 0 Å². The third-order valence-electron chi connectivity index (χ3n) is 4.06. The summed E-state index contributed by atoms with van der Waals surface area (Å²) in [5.41, 5.74) is 0. The minimum atomic E-state index is 0. The molecule has 7 heteroatoms. The third kappa shape index (κ3) is 6.80. The summed E-state index contributed by atoms with van der Waals surface area (Å²) in [6.45, 7) is 9.87. The smallest absolute Gasteiger partial charge is 0.191 e. The van der Waals surface area contributed by atoms with Crippen LogP contribution in [0.25, 0.3) is 0 Å². The molecule has 130 valence electrons. The molecule has 22 heavy (non-hydrogen) atoms. The van der Waals surface area contributed by atoms with Crippen LogP contribution in [0.4, 0.5) is 0 Å². The van der Waals surface area contributed by atoms with Gasteiger partial charge < -0.3 is 20.3 Å². The molecule has 2 fully saturated rings. The number of guanidine groups is 1. The fourth-order valence-corrected chi connectivity index (χ4v) is 3.98. The normalized spacial score (nSPS) is 30.0. The van der Waals surface area contributed by atoms with E-state index in [4.69, 9.17) is 9.73 Å². The molecule has 5 nitrogen and oxygen atoms in total. The van der Waals surface area contributed by atoms with Crippen LogP contribution in [0.1, 0.15) is 26.7 Å². The van der Waals surface area contributed by atoms with Crippen LogP contribution in [0.5, 0.6) is 0 Å². The molecule has 0 spiro atoms. The highest BCUT2D eigenvalue weighted by Gasteiger charge is 2.29. The summed E-state index contributed by atoms with van der Waals surface area (Å²) >= 11 is 2.06. The Morgan fingerprint density at radius 2 is 2.27 bits per heavy atom. The zero-order valence-electron chi connectivity index (χ0n) is 14.1. The lowest BCUT2D eigenvalue weighted by Gasteiger charge is -2.30. The summed E-state index contributed by atoms with van der Waals surface area (Å²) in [7, 11) is 2.15. The highest BCUT2D eigenvalue weighted by molar-refractivity contribution is 14.0. The Hall–Kier alpha value is 0.270. The van der Waals surface area contributed by atoms with E-state index in [-0.39, 0.29) is 30.1 Å². The number of hydrogen-bond donors (Lipinski definition) is 2. The number of thioether (sulfide) groups is 1. The van der Waals surface area contributed by atoms with Crippen LogP contribution in [0.2, 0.25) is 0 Å². The van der Waals surface area contributed by atoms with Crippen LogP contribution < -0.4 is 10.6 Å². The first kappa shape index (κ1) is 20.3. The van der Waals surface area contributed by atoms with Crippen molar-refractivity contribution >= 4 is 41.7 Å². The molecule has 2 unspecified atom stereocenters. The number of rotatable bonds is 5. The van der Waals surface area contributed by atoms with Crippen molar-refractivity contribution in [1.29, 1.82) is 0 Å². The summed E-state index contributed by atoms with van der Waals surface area (Å²) in [5, 5.41) is 6.77. The van der Waals surface area contributed by atoms with Crippen molar-refractivity contribution in [2.75, 3.05) is 52.1 Å². The van der Waals surface area contributed by atoms with Crippen molar-refractivity contribution in [3.63, 3.8) is 0 Å². The van der Waals surface area contributed by atoms with Crippen LogP contribution in [0, 0.1) is 0 Å². The fraction of sp³-hybridized carbons (Fsp3) is 0.933. The van der Waals surface area contributed by atoms with Crippen molar-refractivity contribution in [3.8, 4) is 0 Å². The van der Waals surface area contributed by atoms with E-state index in [1.807, 2.05) is 0 Å². The number of halogens is 1. The van der Waals surface area contributed by atoms with Crippen LogP contribution >= 0.6 is 35.7 Å². The Labute approximate surface area is 156 Å². The van der Waals surface area contributed by atoms with E-state index in [0.717, 1.165) is 45.3 Å². The molecule has 0 saturated carbocycles. The van der Waals surface area contributed by atoms with Gasteiger partial charge in [0, 0.05) is 30.9 Å². The number of aliphatic imine (C=N–C) groups is 1. The Balaban J connectivity index is 0.00000242. The minimum Gasteiger partial charge on any atom is -0.374 e. The number of nitrogens with one attached hydrogen (secondary N) is 2. The molecule has 2 rings (SSSR count). The standard InChI is InChI=1S/C15H30N4OS.HI/c1-4-16-14(18-12-15(2)6-5-9-21-15)17-10-13-11-19(3)7-8-20-13;/h13H,4-12H2,1-3H3,(H2,16,17,18);1H. The lowest BCUT2D eigenvalue weighted by atomic mass is 10.1. The Morgan fingerprint density at radius 1 is 1.45 bits per heavy atom. The molecular weight excluding hydrogens is 411 g/mol. The molecule has 0 radical (unpaired) electrons. The summed E-state index contributed by atoms with van der Waals surface area (Å²) < 4.78 is 6.11. The van der Waals surface area contributed by atoms with Gasteiger partial charge in [-0.05, 0) is 39.5 Å². The number of nitrogens with zero attached hydrogens (tertiary/aromatic N) is 2. The maximum Gasteiger partial charge on any atom is 0.191 e. The molecule has 2 saturated heterocycles. The van der Waals surface area contributed by atoms with E-state index < -0.39 is 0 Å². The van der Waals surface area contributed by atoms with Gasteiger partial charge in [0.05, 0.1) is 19.3 Å². The van der Waals surface area contributed by atoms with Crippen LogP contribution in [-0.2, 0) is 4.74 Å². The van der Waals surface area contributed by atoms with Crippen molar-refractivity contribution in [2.24, 2.45) is 4.99 Å². The van der Waals surface area contributed by atoms with Gasteiger partial charge in [0.1, 0.15) is 0 Å². The Kier molecular flexibility index (Phi) is 9.42. The first-order valence-corrected chi connectivity index (χ1v) is 9.06. The lowest BCUT2D eigenvalue weighted by Crippen LogP contribution is -2.48. The molecule has 0 aliphatic carbocycles. The molecule has 0 bridgehead atoms. The van der Waals surface area contributed by atoms with Gasteiger partial charge in [-0.25, -0.2) is 0 Å². The topological polar surface area (TPSA) is 48.9 Å². The number of morpholine rings is 1.